The van der Waals surface area contributed by atoms with Gasteiger partial charge in [-0.1, -0.05) is 23.2 Å². The molecule has 9 heteroatoms. The standard InChI is InChI=1S/C11H7Cl2F3N2O2/c12-5-1-6-9(7(13)2-5)17-4-18(10(6)20)3-8(19)11(14,15)16/h1-2,4,8,19H,3H2/t8-/m1/s1. The highest BCUT2D eigenvalue weighted by molar-refractivity contribution is 6.38. The summed E-state index contributed by atoms with van der Waals surface area (Å²) in [6.07, 6.45) is -6.58. The van der Waals surface area contributed by atoms with Crippen molar-refractivity contribution in [3.8, 4) is 0 Å². The van der Waals surface area contributed by atoms with Gasteiger partial charge in [0.05, 0.1) is 28.8 Å². The zero-order chi connectivity index (χ0) is 15.1. The van der Waals surface area contributed by atoms with Crippen LogP contribution in [0.1, 0.15) is 0 Å². The maximum atomic E-state index is 12.3. The highest BCUT2D eigenvalue weighted by Crippen LogP contribution is 2.24. The molecule has 1 atom stereocenters. The molecule has 20 heavy (non-hydrogen) atoms. The van der Waals surface area contributed by atoms with Crippen LogP contribution in [-0.2, 0) is 6.54 Å². The molecular weight excluding hydrogens is 320 g/mol. The number of benzene rings is 1. The van der Waals surface area contributed by atoms with Crippen molar-refractivity contribution >= 4 is 34.1 Å². The summed E-state index contributed by atoms with van der Waals surface area (Å²) in [6, 6.07) is 2.63. The van der Waals surface area contributed by atoms with E-state index in [1.807, 2.05) is 0 Å². The fraction of sp³-hybridized carbons (Fsp3) is 0.273. The Hall–Kier alpha value is -1.31. The van der Waals surface area contributed by atoms with Gasteiger partial charge in [-0.25, -0.2) is 4.98 Å². The van der Waals surface area contributed by atoms with Crippen molar-refractivity contribution < 1.29 is 18.3 Å². The van der Waals surface area contributed by atoms with Crippen molar-refractivity contribution in [2.45, 2.75) is 18.8 Å². The van der Waals surface area contributed by atoms with Crippen LogP contribution in [0, 0.1) is 0 Å². The van der Waals surface area contributed by atoms with Gasteiger partial charge in [-0.2, -0.15) is 13.2 Å². The molecule has 0 aliphatic carbocycles. The van der Waals surface area contributed by atoms with Crippen LogP contribution in [0.25, 0.3) is 10.9 Å². The van der Waals surface area contributed by atoms with Crippen LogP contribution >= 0.6 is 23.2 Å². The SMILES string of the molecule is O=c1c2cc(Cl)cc(Cl)c2ncn1C[C@@H](O)C(F)(F)F. The summed E-state index contributed by atoms with van der Waals surface area (Å²) in [5.74, 6) is 0. The van der Waals surface area contributed by atoms with Gasteiger partial charge in [0.2, 0.25) is 0 Å². The largest absolute Gasteiger partial charge is 0.416 e. The van der Waals surface area contributed by atoms with Gasteiger partial charge in [-0.05, 0) is 12.1 Å². The number of halogens is 5. The quantitative estimate of drug-likeness (QED) is 0.923. The zero-order valence-electron chi connectivity index (χ0n) is 9.66. The first-order valence-electron chi connectivity index (χ1n) is 5.29. The predicted molar refractivity (Wildman–Crippen MR) is 68.1 cm³/mol. The average molecular weight is 327 g/mol. The second kappa shape index (κ2) is 5.23. The third kappa shape index (κ3) is 2.89. The van der Waals surface area contributed by atoms with Crippen molar-refractivity contribution in [1.29, 1.82) is 0 Å². The minimum absolute atomic E-state index is 0.0145. The number of hydrogen-bond donors (Lipinski definition) is 1. The normalized spacial score (nSPS) is 13.7. The van der Waals surface area contributed by atoms with Crippen LogP contribution in [0.15, 0.2) is 23.3 Å². The molecular formula is C11H7Cl2F3N2O2. The Kier molecular flexibility index (Phi) is 3.95. The van der Waals surface area contributed by atoms with E-state index in [4.69, 9.17) is 28.3 Å². The number of alkyl halides is 3. The summed E-state index contributed by atoms with van der Waals surface area (Å²) in [7, 11) is 0. The molecule has 0 fully saturated rings. The highest BCUT2D eigenvalue weighted by Gasteiger charge is 2.38. The topological polar surface area (TPSA) is 55.1 Å². The number of fused-ring (bicyclic) bond motifs is 1. The molecule has 0 saturated carbocycles. The van der Waals surface area contributed by atoms with E-state index in [9.17, 15) is 18.0 Å². The number of aliphatic hydroxyl groups excluding tert-OH is 1. The number of aliphatic hydroxyl groups is 1. The monoisotopic (exact) mass is 326 g/mol. The molecule has 4 nitrogen and oxygen atoms in total. The Morgan fingerprint density at radius 3 is 2.60 bits per heavy atom. The van der Waals surface area contributed by atoms with Crippen molar-refractivity contribution in [2.24, 2.45) is 0 Å². The maximum absolute atomic E-state index is 12.3. The third-order valence-corrected chi connectivity index (χ3v) is 3.10. The lowest BCUT2D eigenvalue weighted by atomic mass is 10.2. The van der Waals surface area contributed by atoms with Crippen LogP contribution in [0.4, 0.5) is 13.2 Å². The van der Waals surface area contributed by atoms with E-state index in [0.717, 1.165) is 6.33 Å². The lowest BCUT2D eigenvalue weighted by Crippen LogP contribution is -2.36. The second-order valence-electron chi connectivity index (χ2n) is 4.04. The van der Waals surface area contributed by atoms with Crippen molar-refractivity contribution in [3.05, 3.63) is 38.9 Å². The number of rotatable bonds is 2. The first-order chi connectivity index (χ1) is 9.20. The Morgan fingerprint density at radius 2 is 2.00 bits per heavy atom. The molecule has 108 valence electrons. The molecule has 2 aromatic rings. The van der Waals surface area contributed by atoms with Gasteiger partial charge in [0.15, 0.2) is 6.10 Å². The van der Waals surface area contributed by atoms with Crippen LogP contribution in [0.5, 0.6) is 0 Å². The average Bonchev–Trinajstić information content (AvgIpc) is 2.32. The van der Waals surface area contributed by atoms with E-state index >= 15 is 0 Å². The Balaban J connectivity index is 2.53. The van der Waals surface area contributed by atoms with Crippen LogP contribution in [0.2, 0.25) is 10.0 Å². The molecule has 0 bridgehead atoms. The van der Waals surface area contributed by atoms with Gasteiger partial charge >= 0.3 is 6.18 Å². The molecule has 0 aliphatic heterocycles. The van der Waals surface area contributed by atoms with Gasteiger partial charge in [-0.15, -0.1) is 0 Å². The van der Waals surface area contributed by atoms with E-state index < -0.39 is 24.4 Å². The summed E-state index contributed by atoms with van der Waals surface area (Å²) in [5.41, 5.74) is -0.624. The predicted octanol–water partition coefficient (Wildman–Crippen LogP) is 2.63. The number of nitrogens with zero attached hydrogens (tertiary/aromatic N) is 2. The number of hydrogen-bond acceptors (Lipinski definition) is 3. The summed E-state index contributed by atoms with van der Waals surface area (Å²) in [6.45, 7) is -0.949. The molecule has 0 spiro atoms. The Labute approximate surface area is 120 Å². The Morgan fingerprint density at radius 1 is 1.35 bits per heavy atom. The van der Waals surface area contributed by atoms with Gasteiger partial charge in [0, 0.05) is 5.02 Å². The third-order valence-electron chi connectivity index (χ3n) is 2.59. The highest BCUT2D eigenvalue weighted by atomic mass is 35.5. The van der Waals surface area contributed by atoms with E-state index in [-0.39, 0.29) is 20.9 Å². The van der Waals surface area contributed by atoms with E-state index in [2.05, 4.69) is 4.98 Å². The fourth-order valence-electron chi connectivity index (χ4n) is 1.61. The van der Waals surface area contributed by atoms with E-state index in [1.54, 1.807) is 0 Å². The first-order valence-corrected chi connectivity index (χ1v) is 6.04. The molecule has 1 aromatic heterocycles. The zero-order valence-corrected chi connectivity index (χ0v) is 11.2. The van der Waals surface area contributed by atoms with Gasteiger partial charge < -0.3 is 5.11 Å². The van der Waals surface area contributed by atoms with Crippen molar-refractivity contribution in [1.82, 2.24) is 9.55 Å². The second-order valence-corrected chi connectivity index (χ2v) is 4.89. The molecule has 1 N–H and O–H groups in total. The summed E-state index contributed by atoms with van der Waals surface area (Å²) in [4.78, 5) is 15.8. The molecule has 0 amide bonds. The Bertz CT molecular complexity index is 715. The number of aromatic nitrogens is 2. The molecule has 0 aliphatic rings. The van der Waals surface area contributed by atoms with Gasteiger partial charge in [0.25, 0.3) is 5.56 Å². The minimum Gasteiger partial charge on any atom is -0.382 e. The molecule has 0 unspecified atom stereocenters. The van der Waals surface area contributed by atoms with Crippen LogP contribution in [0.3, 0.4) is 0 Å². The summed E-state index contributed by atoms with van der Waals surface area (Å²) < 4.78 is 37.5. The van der Waals surface area contributed by atoms with E-state index in [1.165, 1.54) is 12.1 Å². The minimum atomic E-state index is -4.82. The lowest BCUT2D eigenvalue weighted by Gasteiger charge is -2.15. The lowest BCUT2D eigenvalue weighted by molar-refractivity contribution is -0.207. The van der Waals surface area contributed by atoms with Gasteiger partial charge in [0.1, 0.15) is 0 Å². The molecule has 1 aromatic carbocycles. The molecule has 2 rings (SSSR count). The smallest absolute Gasteiger partial charge is 0.382 e. The summed E-state index contributed by atoms with van der Waals surface area (Å²) in [5, 5.41) is 9.25. The fourth-order valence-corrected chi connectivity index (χ4v) is 2.16. The summed E-state index contributed by atoms with van der Waals surface area (Å²) >= 11 is 11.6. The maximum Gasteiger partial charge on any atom is 0.416 e. The first kappa shape index (κ1) is 15.1. The molecule has 1 heterocycles. The molecule has 0 radical (unpaired) electrons. The van der Waals surface area contributed by atoms with Crippen molar-refractivity contribution in [2.75, 3.05) is 0 Å². The van der Waals surface area contributed by atoms with Gasteiger partial charge in [-0.3, -0.25) is 9.36 Å². The van der Waals surface area contributed by atoms with Crippen LogP contribution in [-0.4, -0.2) is 26.9 Å². The van der Waals surface area contributed by atoms with E-state index in [0.29, 0.717) is 4.57 Å². The van der Waals surface area contributed by atoms with Crippen molar-refractivity contribution in [3.63, 3.8) is 0 Å². The molecule has 0 saturated heterocycles. The van der Waals surface area contributed by atoms with Crippen LogP contribution < -0.4 is 5.56 Å².